The molecular weight excluding hydrogens is 254 g/mol. The van der Waals surface area contributed by atoms with E-state index in [-0.39, 0.29) is 0 Å². The SMILES string of the molecule is CCOc1cccc(-c2nnc3ccc(C=O)cn23)c1. The molecule has 0 spiro atoms. The van der Waals surface area contributed by atoms with Gasteiger partial charge in [0.1, 0.15) is 5.75 Å². The second-order valence-corrected chi connectivity index (χ2v) is 4.29. The van der Waals surface area contributed by atoms with Crippen molar-refractivity contribution in [1.29, 1.82) is 0 Å². The number of fused-ring (bicyclic) bond motifs is 1. The van der Waals surface area contributed by atoms with Crippen LogP contribution in [-0.2, 0) is 0 Å². The van der Waals surface area contributed by atoms with Gasteiger partial charge >= 0.3 is 0 Å². The van der Waals surface area contributed by atoms with Crippen LogP contribution in [0.5, 0.6) is 5.75 Å². The van der Waals surface area contributed by atoms with Gasteiger partial charge < -0.3 is 4.74 Å². The molecule has 5 heteroatoms. The largest absolute Gasteiger partial charge is 0.494 e. The van der Waals surface area contributed by atoms with Crippen molar-refractivity contribution in [3.63, 3.8) is 0 Å². The zero-order valence-electron chi connectivity index (χ0n) is 11.0. The van der Waals surface area contributed by atoms with Crippen molar-refractivity contribution in [1.82, 2.24) is 14.6 Å². The third-order valence-corrected chi connectivity index (χ3v) is 2.96. The Bertz CT molecular complexity index is 765. The van der Waals surface area contributed by atoms with Crippen LogP contribution in [0.25, 0.3) is 17.0 Å². The molecule has 0 N–H and O–H groups in total. The topological polar surface area (TPSA) is 56.5 Å². The van der Waals surface area contributed by atoms with E-state index in [4.69, 9.17) is 4.74 Å². The summed E-state index contributed by atoms with van der Waals surface area (Å²) < 4.78 is 7.29. The number of benzene rings is 1. The Labute approximate surface area is 115 Å². The molecule has 1 aromatic carbocycles. The quantitative estimate of drug-likeness (QED) is 0.682. The van der Waals surface area contributed by atoms with Crippen molar-refractivity contribution in [3.05, 3.63) is 48.2 Å². The van der Waals surface area contributed by atoms with E-state index in [0.717, 1.165) is 17.6 Å². The van der Waals surface area contributed by atoms with Gasteiger partial charge in [-0.3, -0.25) is 9.20 Å². The fourth-order valence-corrected chi connectivity index (χ4v) is 2.07. The molecule has 0 aliphatic carbocycles. The second-order valence-electron chi connectivity index (χ2n) is 4.29. The summed E-state index contributed by atoms with van der Waals surface area (Å²) in [7, 11) is 0. The van der Waals surface area contributed by atoms with Crippen LogP contribution in [0.1, 0.15) is 17.3 Å². The van der Waals surface area contributed by atoms with Crippen LogP contribution in [0.4, 0.5) is 0 Å². The first-order chi connectivity index (χ1) is 9.81. The van der Waals surface area contributed by atoms with Crippen LogP contribution >= 0.6 is 0 Å². The third kappa shape index (κ3) is 2.14. The Morgan fingerprint density at radius 1 is 1.25 bits per heavy atom. The van der Waals surface area contributed by atoms with Crippen molar-refractivity contribution in [2.24, 2.45) is 0 Å². The highest BCUT2D eigenvalue weighted by Gasteiger charge is 2.09. The molecule has 3 aromatic rings. The number of ether oxygens (including phenoxy) is 1. The maximum atomic E-state index is 10.9. The number of carbonyl (C=O) groups is 1. The molecule has 2 aromatic heterocycles. The molecule has 0 aliphatic rings. The fraction of sp³-hybridized carbons (Fsp3) is 0.133. The lowest BCUT2D eigenvalue weighted by atomic mass is 10.2. The summed E-state index contributed by atoms with van der Waals surface area (Å²) in [4.78, 5) is 10.9. The van der Waals surface area contributed by atoms with Gasteiger partial charge in [-0.25, -0.2) is 0 Å². The highest BCUT2D eigenvalue weighted by atomic mass is 16.5. The first kappa shape index (κ1) is 12.3. The van der Waals surface area contributed by atoms with Crippen molar-refractivity contribution in [3.8, 4) is 17.1 Å². The highest BCUT2D eigenvalue weighted by Crippen LogP contribution is 2.23. The van der Waals surface area contributed by atoms with Crippen molar-refractivity contribution >= 4 is 11.9 Å². The van der Waals surface area contributed by atoms with Gasteiger partial charge in [-0.2, -0.15) is 0 Å². The Balaban J connectivity index is 2.13. The van der Waals surface area contributed by atoms with E-state index < -0.39 is 0 Å². The van der Waals surface area contributed by atoms with E-state index in [1.165, 1.54) is 0 Å². The number of nitrogens with zero attached hydrogens (tertiary/aromatic N) is 3. The normalized spacial score (nSPS) is 10.7. The zero-order chi connectivity index (χ0) is 13.9. The molecule has 0 unspecified atom stereocenters. The second kappa shape index (κ2) is 5.13. The van der Waals surface area contributed by atoms with Gasteiger partial charge in [-0.1, -0.05) is 12.1 Å². The molecule has 5 nitrogen and oxygen atoms in total. The first-order valence-corrected chi connectivity index (χ1v) is 6.35. The summed E-state index contributed by atoms with van der Waals surface area (Å²) in [5.41, 5.74) is 2.18. The smallest absolute Gasteiger partial charge is 0.168 e. The molecule has 2 heterocycles. The van der Waals surface area contributed by atoms with Gasteiger partial charge in [0, 0.05) is 17.3 Å². The van der Waals surface area contributed by atoms with E-state index in [1.54, 1.807) is 22.7 Å². The maximum Gasteiger partial charge on any atom is 0.168 e. The van der Waals surface area contributed by atoms with Gasteiger partial charge in [0.15, 0.2) is 17.8 Å². The minimum absolute atomic E-state index is 0.583. The van der Waals surface area contributed by atoms with Gasteiger partial charge in [-0.15, -0.1) is 10.2 Å². The molecular formula is C15H13N3O2. The van der Waals surface area contributed by atoms with Crippen molar-refractivity contribution < 1.29 is 9.53 Å². The van der Waals surface area contributed by atoms with E-state index >= 15 is 0 Å². The Kier molecular flexibility index (Phi) is 3.16. The van der Waals surface area contributed by atoms with Crippen molar-refractivity contribution in [2.75, 3.05) is 6.61 Å². The van der Waals surface area contributed by atoms with Gasteiger partial charge in [0.05, 0.1) is 6.61 Å². The Morgan fingerprint density at radius 2 is 2.15 bits per heavy atom. The fourth-order valence-electron chi connectivity index (χ4n) is 2.07. The third-order valence-electron chi connectivity index (χ3n) is 2.96. The molecule has 0 atom stereocenters. The molecule has 0 aliphatic heterocycles. The average Bonchev–Trinajstić information content (AvgIpc) is 2.90. The monoisotopic (exact) mass is 267 g/mol. The molecule has 100 valence electrons. The summed E-state index contributed by atoms with van der Waals surface area (Å²) in [6.45, 7) is 2.55. The van der Waals surface area contributed by atoms with E-state index in [2.05, 4.69) is 10.2 Å². The lowest BCUT2D eigenvalue weighted by Gasteiger charge is -2.05. The maximum absolute atomic E-state index is 10.9. The Morgan fingerprint density at radius 3 is 2.95 bits per heavy atom. The summed E-state index contributed by atoms with van der Waals surface area (Å²) in [5.74, 6) is 1.47. The minimum Gasteiger partial charge on any atom is -0.494 e. The number of hydrogen-bond acceptors (Lipinski definition) is 4. The van der Waals surface area contributed by atoms with Crippen LogP contribution < -0.4 is 4.74 Å². The minimum atomic E-state index is 0.583. The number of carbonyl (C=O) groups excluding carboxylic acids is 1. The predicted octanol–water partition coefficient (Wildman–Crippen LogP) is 2.61. The van der Waals surface area contributed by atoms with Crippen LogP contribution in [0, 0.1) is 0 Å². The number of hydrogen-bond donors (Lipinski definition) is 0. The summed E-state index contributed by atoms with van der Waals surface area (Å²) in [6.07, 6.45) is 2.53. The lowest BCUT2D eigenvalue weighted by molar-refractivity contribution is 0.112. The van der Waals surface area contributed by atoms with E-state index in [0.29, 0.717) is 23.6 Å². The molecule has 0 radical (unpaired) electrons. The van der Waals surface area contributed by atoms with Crippen LogP contribution in [0.2, 0.25) is 0 Å². The van der Waals surface area contributed by atoms with Crippen LogP contribution in [0.15, 0.2) is 42.6 Å². The average molecular weight is 267 g/mol. The predicted molar refractivity (Wildman–Crippen MR) is 75.0 cm³/mol. The van der Waals surface area contributed by atoms with Crippen LogP contribution in [-0.4, -0.2) is 27.5 Å². The highest BCUT2D eigenvalue weighted by molar-refractivity contribution is 5.75. The van der Waals surface area contributed by atoms with Crippen LogP contribution in [0.3, 0.4) is 0 Å². The summed E-state index contributed by atoms with van der Waals surface area (Å²) in [5, 5.41) is 8.29. The molecule has 0 amide bonds. The van der Waals surface area contributed by atoms with Gasteiger partial charge in [-0.05, 0) is 31.2 Å². The molecule has 3 rings (SSSR count). The first-order valence-electron chi connectivity index (χ1n) is 6.35. The van der Waals surface area contributed by atoms with Gasteiger partial charge in [0.2, 0.25) is 0 Å². The Hall–Kier alpha value is -2.69. The standard InChI is InChI=1S/C15H13N3O2/c1-2-20-13-5-3-4-12(8-13)15-17-16-14-7-6-11(10-19)9-18(14)15/h3-10H,2H2,1H3. The number of pyridine rings is 1. The molecule has 0 fully saturated rings. The number of aldehydes is 1. The number of aromatic nitrogens is 3. The summed E-state index contributed by atoms with van der Waals surface area (Å²) in [6, 6.07) is 11.1. The van der Waals surface area contributed by atoms with E-state index in [9.17, 15) is 4.79 Å². The molecule has 0 bridgehead atoms. The van der Waals surface area contributed by atoms with Gasteiger partial charge in [0.25, 0.3) is 0 Å². The molecule has 0 saturated carbocycles. The zero-order valence-corrected chi connectivity index (χ0v) is 11.0. The lowest BCUT2D eigenvalue weighted by Crippen LogP contribution is -1.94. The van der Waals surface area contributed by atoms with E-state index in [1.807, 2.05) is 31.2 Å². The summed E-state index contributed by atoms with van der Waals surface area (Å²) >= 11 is 0. The van der Waals surface area contributed by atoms with Crippen molar-refractivity contribution in [2.45, 2.75) is 6.92 Å². The molecule has 0 saturated heterocycles. The molecule has 20 heavy (non-hydrogen) atoms. The number of rotatable bonds is 4.